The van der Waals surface area contributed by atoms with Gasteiger partial charge in [0.05, 0.1) is 22.7 Å². The lowest BCUT2D eigenvalue weighted by molar-refractivity contribution is 0.291. The molecule has 2 nitrogen and oxygen atoms in total. The largest absolute Gasteiger partial charge is 0.301 e. The van der Waals surface area contributed by atoms with Crippen LogP contribution in [0, 0.1) is 0 Å². The van der Waals surface area contributed by atoms with Crippen LogP contribution in [0.15, 0.2) is 72.8 Å². The highest BCUT2D eigenvalue weighted by Gasteiger charge is 2.26. The molecule has 1 atom stereocenters. The van der Waals surface area contributed by atoms with Crippen LogP contribution in [0.1, 0.15) is 22.7 Å². The van der Waals surface area contributed by atoms with Crippen molar-refractivity contribution in [2.75, 3.05) is 13.6 Å². The molecule has 1 aromatic carbocycles. The molecule has 23 heavy (non-hydrogen) atoms. The van der Waals surface area contributed by atoms with Crippen molar-refractivity contribution in [1.82, 2.24) is 9.88 Å². The van der Waals surface area contributed by atoms with E-state index in [9.17, 15) is 3.89 Å². The Morgan fingerprint density at radius 2 is 1.96 bits per heavy atom. The van der Waals surface area contributed by atoms with Crippen molar-refractivity contribution in [3.8, 4) is 0 Å². The smallest absolute Gasteiger partial charge is 0.0828 e. The Kier molecular flexibility index (Phi) is 6.56. The fourth-order valence-electron chi connectivity index (χ4n) is 2.68. The minimum Gasteiger partial charge on any atom is -0.301 e. The molecule has 0 saturated heterocycles. The van der Waals surface area contributed by atoms with Gasteiger partial charge in [0, 0.05) is 25.2 Å². The second-order valence-corrected chi connectivity index (χ2v) is 6.05. The number of aromatic nitrogens is 1. The van der Waals surface area contributed by atoms with Crippen molar-refractivity contribution >= 4 is 12.1 Å². The molecular weight excluding hydrogens is 307 g/mol. The zero-order valence-corrected chi connectivity index (χ0v) is 14.1. The van der Waals surface area contributed by atoms with Gasteiger partial charge in [0.1, 0.15) is 0 Å². The zero-order chi connectivity index (χ0) is 16.7. The van der Waals surface area contributed by atoms with E-state index in [1.165, 1.54) is 5.56 Å². The third kappa shape index (κ3) is 4.53. The molecule has 0 spiro atoms. The van der Waals surface area contributed by atoms with Crippen LogP contribution in [0.4, 0.5) is 3.89 Å². The number of nitrogens with zero attached hydrogens (tertiary/aromatic N) is 2. The van der Waals surface area contributed by atoms with Crippen LogP contribution < -0.4 is 0 Å². The summed E-state index contributed by atoms with van der Waals surface area (Å²) in [5.74, 6) is 0.272. The number of hydrogen-bond acceptors (Lipinski definition) is 3. The number of likely N-dealkylation sites (N-methyl/N-ethyl adjacent to an activating group) is 1. The molecule has 0 bridgehead atoms. The summed E-state index contributed by atoms with van der Waals surface area (Å²) in [6.07, 6.45) is 4.91. The summed E-state index contributed by atoms with van der Waals surface area (Å²) in [7, 11) is 2.09. The average Bonchev–Trinajstić information content (AvgIpc) is 2.61. The molecule has 1 aliphatic heterocycles. The van der Waals surface area contributed by atoms with Crippen LogP contribution >= 0.6 is 12.1 Å². The Morgan fingerprint density at radius 3 is 2.57 bits per heavy atom. The van der Waals surface area contributed by atoms with Crippen LogP contribution in [-0.2, 0) is 6.54 Å². The van der Waals surface area contributed by atoms with E-state index < -0.39 is 0 Å². The van der Waals surface area contributed by atoms with E-state index in [1.54, 1.807) is 18.3 Å². The number of fused-ring (bicyclic) bond motifs is 1. The maximum Gasteiger partial charge on any atom is 0.0828 e. The summed E-state index contributed by atoms with van der Waals surface area (Å²) in [5.41, 5.74) is 3.48. The summed E-state index contributed by atoms with van der Waals surface area (Å²) < 4.78 is 12.7. The van der Waals surface area contributed by atoms with Crippen LogP contribution in [0.25, 0.3) is 0 Å². The predicted octanol–water partition coefficient (Wildman–Crippen LogP) is 4.99. The molecule has 3 rings (SSSR count). The van der Waals surface area contributed by atoms with E-state index in [1.807, 2.05) is 12.1 Å². The van der Waals surface area contributed by atoms with Crippen LogP contribution in [0.5, 0.6) is 0 Å². The van der Waals surface area contributed by atoms with Crippen molar-refractivity contribution in [3.63, 3.8) is 0 Å². The number of benzene rings is 1. The highest BCUT2D eigenvalue weighted by molar-refractivity contribution is 7.94. The molecule has 0 saturated carbocycles. The van der Waals surface area contributed by atoms with Crippen molar-refractivity contribution in [3.05, 3.63) is 84.7 Å². The molecule has 120 valence electrons. The average molecular weight is 328 g/mol. The van der Waals surface area contributed by atoms with E-state index >= 15 is 0 Å². The molecule has 1 aliphatic rings. The van der Waals surface area contributed by atoms with Gasteiger partial charge in [-0.15, -0.1) is 0 Å². The summed E-state index contributed by atoms with van der Waals surface area (Å²) >= 11 is 0.259. The van der Waals surface area contributed by atoms with E-state index in [2.05, 4.69) is 54.4 Å². The molecule has 2 heterocycles. The second kappa shape index (κ2) is 8.65. The van der Waals surface area contributed by atoms with Gasteiger partial charge in [0.2, 0.25) is 0 Å². The predicted molar refractivity (Wildman–Crippen MR) is 96.2 cm³/mol. The molecule has 0 fully saturated rings. The standard InChI is InChI=1S/C15H15FN2S.C4H6/c1-18-9-12-7-13(19-16)8-17-15(12)14(10-18)11-5-3-2-4-6-11;1-3-4-2/h2-8,14H,9-10H2,1H3;3-4H,1-2H2. The van der Waals surface area contributed by atoms with Crippen LogP contribution in [0.3, 0.4) is 0 Å². The van der Waals surface area contributed by atoms with Crippen molar-refractivity contribution < 1.29 is 3.89 Å². The lowest BCUT2D eigenvalue weighted by Crippen LogP contribution is -2.31. The SMILES string of the molecule is C=CC=C.CN1Cc2cc(SF)cnc2C(c2ccccc2)C1. The Hall–Kier alpha value is -1.91. The Balaban J connectivity index is 0.000000433. The third-order valence-corrected chi connectivity index (χ3v) is 4.10. The summed E-state index contributed by atoms with van der Waals surface area (Å²) in [6.45, 7) is 8.51. The molecule has 0 aliphatic carbocycles. The molecular formula is C19H21FN2S. The molecule has 0 amide bonds. The van der Waals surface area contributed by atoms with Gasteiger partial charge >= 0.3 is 0 Å². The maximum atomic E-state index is 12.7. The van der Waals surface area contributed by atoms with Gasteiger partial charge in [-0.25, -0.2) is 0 Å². The van der Waals surface area contributed by atoms with Gasteiger partial charge in [-0.2, -0.15) is 3.89 Å². The van der Waals surface area contributed by atoms with E-state index in [4.69, 9.17) is 0 Å². The normalized spacial score (nSPS) is 16.7. The second-order valence-electron chi connectivity index (χ2n) is 5.42. The third-order valence-electron chi connectivity index (χ3n) is 3.70. The molecule has 1 unspecified atom stereocenters. The number of rotatable bonds is 3. The number of allylic oxidation sites excluding steroid dienone is 2. The summed E-state index contributed by atoms with van der Waals surface area (Å²) in [4.78, 5) is 7.34. The monoisotopic (exact) mass is 328 g/mol. The summed E-state index contributed by atoms with van der Waals surface area (Å²) in [5, 5.41) is 0. The Morgan fingerprint density at radius 1 is 1.26 bits per heavy atom. The fourth-order valence-corrected chi connectivity index (χ4v) is 2.96. The minimum atomic E-state index is 0.259. The van der Waals surface area contributed by atoms with Crippen molar-refractivity contribution in [1.29, 1.82) is 0 Å². The van der Waals surface area contributed by atoms with Gasteiger partial charge < -0.3 is 4.90 Å². The van der Waals surface area contributed by atoms with Gasteiger partial charge in [-0.1, -0.05) is 55.6 Å². The molecule has 4 heteroatoms. The molecule has 0 radical (unpaired) electrons. The Labute approximate surface area is 142 Å². The molecule has 1 aromatic heterocycles. The van der Waals surface area contributed by atoms with Gasteiger partial charge in [-0.3, -0.25) is 4.98 Å². The van der Waals surface area contributed by atoms with Gasteiger partial charge in [0.15, 0.2) is 0 Å². The topological polar surface area (TPSA) is 16.1 Å². The van der Waals surface area contributed by atoms with Gasteiger partial charge in [0.25, 0.3) is 0 Å². The van der Waals surface area contributed by atoms with Gasteiger partial charge in [-0.05, 0) is 24.2 Å². The quantitative estimate of drug-likeness (QED) is 0.738. The van der Waals surface area contributed by atoms with Crippen molar-refractivity contribution in [2.24, 2.45) is 0 Å². The first-order valence-corrected chi connectivity index (χ1v) is 8.15. The van der Waals surface area contributed by atoms with Crippen LogP contribution in [0.2, 0.25) is 0 Å². The highest BCUT2D eigenvalue weighted by Crippen LogP contribution is 2.33. The maximum absolute atomic E-state index is 12.7. The fraction of sp³-hybridized carbons (Fsp3) is 0.211. The van der Waals surface area contributed by atoms with Crippen LogP contribution in [-0.4, -0.2) is 23.5 Å². The van der Waals surface area contributed by atoms with E-state index in [0.29, 0.717) is 4.90 Å². The minimum absolute atomic E-state index is 0.259. The highest BCUT2D eigenvalue weighted by atomic mass is 32.2. The zero-order valence-electron chi connectivity index (χ0n) is 13.3. The molecule has 2 aromatic rings. The first-order valence-electron chi connectivity index (χ1n) is 7.44. The lowest BCUT2D eigenvalue weighted by Gasteiger charge is -2.31. The number of hydrogen-bond donors (Lipinski definition) is 0. The van der Waals surface area contributed by atoms with E-state index in [-0.39, 0.29) is 18.1 Å². The molecule has 0 N–H and O–H groups in total. The van der Waals surface area contributed by atoms with Crippen molar-refractivity contribution in [2.45, 2.75) is 17.4 Å². The first kappa shape index (κ1) is 17.4. The number of halogens is 1. The summed E-state index contributed by atoms with van der Waals surface area (Å²) in [6, 6.07) is 12.3. The first-order chi connectivity index (χ1) is 11.2. The lowest BCUT2D eigenvalue weighted by atomic mass is 9.89. The van der Waals surface area contributed by atoms with E-state index in [0.717, 1.165) is 24.3 Å². The Bertz CT molecular complexity index is 652. The number of pyridine rings is 1.